The van der Waals surface area contributed by atoms with Crippen LogP contribution >= 0.6 is 0 Å². The summed E-state index contributed by atoms with van der Waals surface area (Å²) in [5.74, 6) is -1.79. The molecule has 2 aromatic rings. The van der Waals surface area contributed by atoms with E-state index in [0.717, 1.165) is 12.1 Å². The van der Waals surface area contributed by atoms with Crippen LogP contribution < -0.4 is 5.73 Å². The molecule has 0 saturated carbocycles. The van der Waals surface area contributed by atoms with Crippen molar-refractivity contribution in [3.05, 3.63) is 71.0 Å². The third-order valence-electron chi connectivity index (χ3n) is 4.88. The molecule has 0 radical (unpaired) electrons. The van der Waals surface area contributed by atoms with Gasteiger partial charge in [-0.2, -0.15) is 13.2 Å². The fraction of sp³-hybridized carbons (Fsp3) is 0.300. The molecule has 1 fully saturated rings. The highest BCUT2D eigenvalue weighted by molar-refractivity contribution is 5.96. The summed E-state index contributed by atoms with van der Waals surface area (Å²) in [6.07, 6.45) is -4.63. The van der Waals surface area contributed by atoms with E-state index in [1.54, 1.807) is 4.90 Å². The van der Waals surface area contributed by atoms with E-state index in [9.17, 15) is 27.2 Å². The van der Waals surface area contributed by atoms with Gasteiger partial charge in [-0.1, -0.05) is 24.3 Å². The SMILES string of the molecule is NC(=O)[C@H](c1ccc(F)cc1)N1CCN(C(=O)c2ccccc2C(F)(F)F)CC1. The van der Waals surface area contributed by atoms with E-state index in [4.69, 9.17) is 5.73 Å². The van der Waals surface area contributed by atoms with E-state index < -0.39 is 41.0 Å². The van der Waals surface area contributed by atoms with Crippen molar-refractivity contribution in [2.24, 2.45) is 5.73 Å². The zero-order valence-corrected chi connectivity index (χ0v) is 15.3. The van der Waals surface area contributed by atoms with Crippen LogP contribution in [0.15, 0.2) is 48.5 Å². The molecule has 154 valence electrons. The molecule has 1 aliphatic heterocycles. The van der Waals surface area contributed by atoms with Crippen LogP contribution in [0.2, 0.25) is 0 Å². The Morgan fingerprint density at radius 2 is 1.52 bits per heavy atom. The number of alkyl halides is 3. The standard InChI is InChI=1S/C20H19F4N3O2/c21-14-7-5-13(6-8-14)17(18(25)28)26-9-11-27(12-10-26)19(29)15-3-1-2-4-16(15)20(22,23)24/h1-8,17H,9-12H2,(H2,25,28)/t17-/m0/s1. The summed E-state index contributed by atoms with van der Waals surface area (Å²) >= 11 is 0. The van der Waals surface area contributed by atoms with Crippen molar-refractivity contribution < 1.29 is 27.2 Å². The van der Waals surface area contributed by atoms with Crippen molar-refractivity contribution in [1.29, 1.82) is 0 Å². The van der Waals surface area contributed by atoms with E-state index in [0.29, 0.717) is 5.56 Å². The summed E-state index contributed by atoms with van der Waals surface area (Å²) < 4.78 is 52.7. The van der Waals surface area contributed by atoms with Crippen LogP contribution in [-0.4, -0.2) is 47.8 Å². The Hall–Kier alpha value is -2.94. The molecule has 1 atom stereocenters. The minimum absolute atomic E-state index is 0.135. The molecule has 3 rings (SSSR count). The first-order valence-corrected chi connectivity index (χ1v) is 8.93. The lowest BCUT2D eigenvalue weighted by Gasteiger charge is -2.38. The first-order chi connectivity index (χ1) is 13.7. The van der Waals surface area contributed by atoms with Gasteiger partial charge in [-0.25, -0.2) is 4.39 Å². The lowest BCUT2D eigenvalue weighted by molar-refractivity contribution is -0.138. The maximum Gasteiger partial charge on any atom is 0.417 e. The van der Waals surface area contributed by atoms with E-state index >= 15 is 0 Å². The van der Waals surface area contributed by atoms with Crippen molar-refractivity contribution in [2.75, 3.05) is 26.2 Å². The van der Waals surface area contributed by atoms with Gasteiger partial charge in [0.15, 0.2) is 0 Å². The van der Waals surface area contributed by atoms with Crippen molar-refractivity contribution in [3.8, 4) is 0 Å². The van der Waals surface area contributed by atoms with Crippen molar-refractivity contribution in [2.45, 2.75) is 12.2 Å². The van der Waals surface area contributed by atoms with Crippen LogP contribution in [0.4, 0.5) is 17.6 Å². The number of halogens is 4. The minimum atomic E-state index is -4.63. The van der Waals surface area contributed by atoms with Gasteiger partial charge < -0.3 is 10.6 Å². The molecule has 2 N–H and O–H groups in total. The Morgan fingerprint density at radius 1 is 0.931 bits per heavy atom. The fourth-order valence-electron chi connectivity index (χ4n) is 3.47. The predicted molar refractivity (Wildman–Crippen MR) is 97.3 cm³/mol. The number of primary amides is 1. The second-order valence-electron chi connectivity index (χ2n) is 6.73. The van der Waals surface area contributed by atoms with Gasteiger partial charge in [0.1, 0.15) is 11.9 Å². The van der Waals surface area contributed by atoms with Gasteiger partial charge >= 0.3 is 6.18 Å². The van der Waals surface area contributed by atoms with Gasteiger partial charge in [-0.3, -0.25) is 14.5 Å². The molecule has 1 saturated heterocycles. The first-order valence-electron chi connectivity index (χ1n) is 8.93. The van der Waals surface area contributed by atoms with Crippen molar-refractivity contribution in [1.82, 2.24) is 9.80 Å². The van der Waals surface area contributed by atoms with Crippen LogP contribution in [0.3, 0.4) is 0 Å². The van der Waals surface area contributed by atoms with Crippen LogP contribution in [-0.2, 0) is 11.0 Å². The summed E-state index contributed by atoms with van der Waals surface area (Å²) in [5, 5.41) is 0. The average molecular weight is 409 g/mol. The third kappa shape index (κ3) is 4.56. The number of benzene rings is 2. The summed E-state index contributed by atoms with van der Waals surface area (Å²) in [6.45, 7) is 0.752. The molecule has 1 heterocycles. The van der Waals surface area contributed by atoms with Crippen molar-refractivity contribution >= 4 is 11.8 Å². The predicted octanol–water partition coefficient (Wildman–Crippen LogP) is 2.83. The Bertz CT molecular complexity index is 891. The van der Waals surface area contributed by atoms with Gasteiger partial charge in [0.2, 0.25) is 5.91 Å². The molecule has 29 heavy (non-hydrogen) atoms. The van der Waals surface area contributed by atoms with Gasteiger partial charge in [0.05, 0.1) is 11.1 Å². The number of rotatable bonds is 4. The van der Waals surface area contributed by atoms with Crippen LogP contribution in [0.1, 0.15) is 27.5 Å². The average Bonchev–Trinajstić information content (AvgIpc) is 2.69. The molecule has 0 bridgehead atoms. The molecular formula is C20H19F4N3O2. The summed E-state index contributed by atoms with van der Waals surface area (Å²) in [4.78, 5) is 27.7. The van der Waals surface area contributed by atoms with Gasteiger partial charge in [0, 0.05) is 26.2 Å². The quantitative estimate of drug-likeness (QED) is 0.790. The number of carbonyl (C=O) groups is 2. The number of hydrogen-bond donors (Lipinski definition) is 1. The molecule has 5 nitrogen and oxygen atoms in total. The number of nitrogens with zero attached hydrogens (tertiary/aromatic N) is 2. The highest BCUT2D eigenvalue weighted by Crippen LogP contribution is 2.32. The maximum atomic E-state index is 13.2. The van der Waals surface area contributed by atoms with E-state index in [1.807, 2.05) is 0 Å². The van der Waals surface area contributed by atoms with Crippen LogP contribution in [0, 0.1) is 5.82 Å². The summed E-state index contributed by atoms with van der Waals surface area (Å²) in [6, 6.07) is 9.20. The second kappa shape index (κ2) is 8.20. The van der Waals surface area contributed by atoms with Gasteiger partial charge in [0.25, 0.3) is 5.91 Å². The van der Waals surface area contributed by atoms with Gasteiger partial charge in [-0.05, 0) is 29.8 Å². The number of amides is 2. The topological polar surface area (TPSA) is 66.6 Å². The van der Waals surface area contributed by atoms with Crippen molar-refractivity contribution in [3.63, 3.8) is 0 Å². The molecule has 0 unspecified atom stereocenters. The third-order valence-corrected chi connectivity index (χ3v) is 4.88. The normalized spacial score (nSPS) is 16.5. The second-order valence-corrected chi connectivity index (χ2v) is 6.73. The summed E-state index contributed by atoms with van der Waals surface area (Å²) in [5.41, 5.74) is 4.64. The minimum Gasteiger partial charge on any atom is -0.368 e. The van der Waals surface area contributed by atoms with Crippen LogP contribution in [0.5, 0.6) is 0 Å². The van der Waals surface area contributed by atoms with Gasteiger partial charge in [-0.15, -0.1) is 0 Å². The highest BCUT2D eigenvalue weighted by Gasteiger charge is 2.37. The number of piperazine rings is 1. The molecule has 9 heteroatoms. The molecule has 1 aliphatic rings. The number of nitrogens with two attached hydrogens (primary N) is 1. The highest BCUT2D eigenvalue weighted by atomic mass is 19.4. The fourth-order valence-corrected chi connectivity index (χ4v) is 3.47. The Morgan fingerprint density at radius 3 is 2.07 bits per heavy atom. The monoisotopic (exact) mass is 409 g/mol. The Labute approximate surface area is 164 Å². The zero-order valence-electron chi connectivity index (χ0n) is 15.3. The molecule has 2 amide bonds. The molecule has 0 aromatic heterocycles. The molecule has 0 spiro atoms. The molecule has 2 aromatic carbocycles. The Kier molecular flexibility index (Phi) is 5.88. The number of carbonyl (C=O) groups excluding carboxylic acids is 2. The zero-order chi connectivity index (χ0) is 21.2. The van der Waals surface area contributed by atoms with Crippen LogP contribution in [0.25, 0.3) is 0 Å². The number of hydrogen-bond acceptors (Lipinski definition) is 3. The van der Waals surface area contributed by atoms with E-state index in [1.165, 1.54) is 41.3 Å². The summed E-state index contributed by atoms with van der Waals surface area (Å²) in [7, 11) is 0. The maximum absolute atomic E-state index is 13.2. The molecule has 0 aliphatic carbocycles. The molecular weight excluding hydrogens is 390 g/mol. The largest absolute Gasteiger partial charge is 0.417 e. The lowest BCUT2D eigenvalue weighted by atomic mass is 10.0. The lowest BCUT2D eigenvalue weighted by Crippen LogP contribution is -2.52. The van der Waals surface area contributed by atoms with E-state index in [-0.39, 0.29) is 26.2 Å². The Balaban J connectivity index is 1.74. The smallest absolute Gasteiger partial charge is 0.368 e. The first kappa shape index (κ1) is 20.8. The van der Waals surface area contributed by atoms with E-state index in [2.05, 4.69) is 0 Å².